The van der Waals surface area contributed by atoms with Gasteiger partial charge in [-0.2, -0.15) is 14.3 Å². The topological polar surface area (TPSA) is 108 Å². The van der Waals surface area contributed by atoms with Gasteiger partial charge < -0.3 is 14.8 Å². The minimum atomic E-state index is -0.166. The third kappa shape index (κ3) is 3.33. The van der Waals surface area contributed by atoms with Crippen molar-refractivity contribution in [3.05, 3.63) is 53.5 Å². The molecule has 0 aliphatic carbocycles. The summed E-state index contributed by atoms with van der Waals surface area (Å²) in [6.45, 7) is 4.60. The van der Waals surface area contributed by atoms with E-state index >= 15 is 0 Å². The van der Waals surface area contributed by atoms with Crippen molar-refractivity contribution in [2.75, 3.05) is 19.0 Å². The zero-order valence-electron chi connectivity index (χ0n) is 18.1. The number of aromatic nitrogens is 6. The van der Waals surface area contributed by atoms with Gasteiger partial charge in [-0.05, 0) is 43.2 Å². The fourth-order valence-electron chi connectivity index (χ4n) is 4.06. The minimum absolute atomic E-state index is 0.0840. The third-order valence-corrected chi connectivity index (χ3v) is 5.52. The summed E-state index contributed by atoms with van der Waals surface area (Å²) in [5.41, 5.74) is 3.37. The Balaban J connectivity index is 1.59. The molecule has 1 N–H and O–H groups in total. The van der Waals surface area contributed by atoms with Gasteiger partial charge in [0.1, 0.15) is 12.1 Å². The minimum Gasteiger partial charge on any atom is -0.493 e. The number of benzene rings is 1. The molecule has 0 bridgehead atoms. The highest BCUT2D eigenvalue weighted by Crippen LogP contribution is 2.42. The molecule has 10 nitrogen and oxygen atoms in total. The van der Waals surface area contributed by atoms with Gasteiger partial charge in [-0.25, -0.2) is 0 Å². The number of rotatable bonds is 6. The summed E-state index contributed by atoms with van der Waals surface area (Å²) in [6.07, 6.45) is 2.75. The van der Waals surface area contributed by atoms with E-state index in [1.807, 2.05) is 25.1 Å². The summed E-state index contributed by atoms with van der Waals surface area (Å²) in [5.74, 6) is 2.27. The molecule has 0 radical (unpaired) electrons. The molecule has 3 aromatic heterocycles. The van der Waals surface area contributed by atoms with Crippen LogP contribution < -0.4 is 14.8 Å². The van der Waals surface area contributed by atoms with Crippen LogP contribution in [-0.4, -0.2) is 49.2 Å². The van der Waals surface area contributed by atoms with Crippen LogP contribution in [0.15, 0.2) is 36.7 Å². The van der Waals surface area contributed by atoms with Crippen molar-refractivity contribution in [1.29, 1.82) is 0 Å². The van der Waals surface area contributed by atoms with Crippen LogP contribution in [0.5, 0.6) is 11.5 Å². The van der Waals surface area contributed by atoms with E-state index in [0.29, 0.717) is 41.8 Å². The number of nitrogens with zero attached hydrogens (tertiary/aromatic N) is 6. The number of carbonyl (C=O) groups excluding carboxylic acids is 1. The molecule has 1 aliphatic rings. The van der Waals surface area contributed by atoms with Crippen molar-refractivity contribution in [3.8, 4) is 17.3 Å². The lowest BCUT2D eigenvalue weighted by Gasteiger charge is -2.25. The molecule has 32 heavy (non-hydrogen) atoms. The van der Waals surface area contributed by atoms with E-state index in [9.17, 15) is 4.79 Å². The van der Waals surface area contributed by atoms with Crippen LogP contribution in [0.3, 0.4) is 0 Å². The second-order valence-electron chi connectivity index (χ2n) is 7.65. The average molecular weight is 433 g/mol. The van der Waals surface area contributed by atoms with Gasteiger partial charge in [0.2, 0.25) is 5.91 Å². The maximum absolute atomic E-state index is 12.7. The number of hydrogen-bond acceptors (Lipinski definition) is 7. The van der Waals surface area contributed by atoms with Crippen LogP contribution >= 0.6 is 0 Å². The first-order valence-electron chi connectivity index (χ1n) is 10.5. The largest absolute Gasteiger partial charge is 0.493 e. The maximum atomic E-state index is 12.7. The Hall–Kier alpha value is -3.95. The van der Waals surface area contributed by atoms with Gasteiger partial charge in [-0.3, -0.25) is 4.79 Å². The van der Waals surface area contributed by atoms with Crippen molar-refractivity contribution in [3.63, 3.8) is 0 Å². The highest BCUT2D eigenvalue weighted by Gasteiger charge is 2.33. The van der Waals surface area contributed by atoms with E-state index in [2.05, 4.69) is 27.5 Å². The molecule has 1 atom stereocenters. The summed E-state index contributed by atoms with van der Waals surface area (Å²) in [6, 6.07) is 9.43. The van der Waals surface area contributed by atoms with Crippen LogP contribution in [0.1, 0.15) is 42.5 Å². The monoisotopic (exact) mass is 433 g/mol. The molecule has 0 spiro atoms. The number of anilines is 1. The van der Waals surface area contributed by atoms with Crippen molar-refractivity contribution >= 4 is 17.4 Å². The molecule has 4 aromatic rings. The Morgan fingerprint density at radius 3 is 2.88 bits per heavy atom. The van der Waals surface area contributed by atoms with Crippen LogP contribution in [0.4, 0.5) is 5.82 Å². The van der Waals surface area contributed by atoms with Crippen LogP contribution in [-0.2, 0) is 4.79 Å². The van der Waals surface area contributed by atoms with Crippen LogP contribution in [0, 0.1) is 6.92 Å². The normalized spacial score (nSPS) is 15.5. The Bertz CT molecular complexity index is 1310. The number of aryl methyl sites for hydroxylation is 1. The predicted octanol–water partition coefficient (Wildman–Crippen LogP) is 2.89. The lowest BCUT2D eigenvalue weighted by Crippen LogP contribution is -2.25. The lowest BCUT2D eigenvalue weighted by molar-refractivity contribution is -0.116. The molecule has 0 fully saturated rings. The summed E-state index contributed by atoms with van der Waals surface area (Å²) < 4.78 is 14.6. The van der Waals surface area contributed by atoms with Crippen molar-refractivity contribution in [2.45, 2.75) is 32.6 Å². The van der Waals surface area contributed by atoms with Crippen LogP contribution in [0.25, 0.3) is 11.5 Å². The first-order chi connectivity index (χ1) is 15.6. The molecule has 1 amide bonds. The quantitative estimate of drug-likeness (QED) is 0.498. The fourth-order valence-corrected chi connectivity index (χ4v) is 4.06. The second-order valence-corrected chi connectivity index (χ2v) is 7.65. The molecule has 0 unspecified atom stereocenters. The molecular formula is C22H23N7O3. The van der Waals surface area contributed by atoms with E-state index in [1.54, 1.807) is 28.4 Å². The number of methoxy groups -OCH3 is 1. The average Bonchev–Trinajstić information content (AvgIpc) is 3.40. The number of ether oxygens (including phenoxy) is 2. The Labute approximate surface area is 184 Å². The zero-order chi connectivity index (χ0) is 22.2. The van der Waals surface area contributed by atoms with Gasteiger partial charge >= 0.3 is 0 Å². The number of fused-ring (bicyclic) bond motifs is 2. The van der Waals surface area contributed by atoms with Gasteiger partial charge in [0, 0.05) is 17.9 Å². The van der Waals surface area contributed by atoms with Crippen molar-refractivity contribution in [2.24, 2.45) is 0 Å². The van der Waals surface area contributed by atoms with E-state index in [4.69, 9.17) is 14.6 Å². The molecule has 5 rings (SSSR count). The molecule has 10 heteroatoms. The molecule has 1 aromatic carbocycles. The summed E-state index contributed by atoms with van der Waals surface area (Å²) in [7, 11) is 1.62. The summed E-state index contributed by atoms with van der Waals surface area (Å²) in [5, 5.41) is 20.0. The first-order valence-corrected chi connectivity index (χ1v) is 10.5. The maximum Gasteiger partial charge on any atom is 0.226 e. The standard InChI is InChI=1S/C22H23N7O3/c1-4-9-32-16-6-5-14(10-17(16)31-3)15-11-20(30)24-22-21(15)13(2)26-29(22)19-8-7-18-25-23-12-28(18)27-19/h5-8,10,12,15H,4,9,11H2,1-3H3,(H,24,30)/t15-/m1/s1. The number of amides is 1. The van der Waals surface area contributed by atoms with Gasteiger partial charge in [0.05, 0.1) is 19.4 Å². The Kier molecular flexibility index (Phi) is 4.96. The number of hydrogen-bond donors (Lipinski definition) is 1. The van der Waals surface area contributed by atoms with E-state index in [-0.39, 0.29) is 11.8 Å². The molecule has 1 aliphatic heterocycles. The van der Waals surface area contributed by atoms with Gasteiger partial charge in [0.25, 0.3) is 0 Å². The van der Waals surface area contributed by atoms with Gasteiger partial charge in [-0.15, -0.1) is 15.3 Å². The fraction of sp³-hybridized carbons (Fsp3) is 0.318. The molecule has 4 heterocycles. The number of nitrogens with one attached hydrogen (secondary N) is 1. The summed E-state index contributed by atoms with van der Waals surface area (Å²) in [4.78, 5) is 12.7. The Morgan fingerprint density at radius 2 is 2.06 bits per heavy atom. The van der Waals surface area contributed by atoms with Crippen molar-refractivity contribution < 1.29 is 14.3 Å². The summed E-state index contributed by atoms with van der Waals surface area (Å²) >= 11 is 0. The van der Waals surface area contributed by atoms with E-state index in [0.717, 1.165) is 23.2 Å². The van der Waals surface area contributed by atoms with Gasteiger partial charge in [-0.1, -0.05) is 13.0 Å². The van der Waals surface area contributed by atoms with Crippen LogP contribution in [0.2, 0.25) is 0 Å². The van der Waals surface area contributed by atoms with E-state index in [1.165, 1.54) is 6.33 Å². The first kappa shape index (κ1) is 20.0. The molecule has 0 saturated carbocycles. The highest BCUT2D eigenvalue weighted by atomic mass is 16.5. The zero-order valence-corrected chi connectivity index (χ0v) is 18.1. The third-order valence-electron chi connectivity index (χ3n) is 5.52. The van der Waals surface area contributed by atoms with E-state index < -0.39 is 0 Å². The Morgan fingerprint density at radius 1 is 1.19 bits per heavy atom. The molecular weight excluding hydrogens is 410 g/mol. The predicted molar refractivity (Wildman–Crippen MR) is 117 cm³/mol. The SMILES string of the molecule is CCCOc1ccc([C@H]2CC(=O)Nc3c2c(C)nn3-c2ccc3nncn3n2)cc1OC. The van der Waals surface area contributed by atoms with Gasteiger partial charge in [0.15, 0.2) is 23.0 Å². The smallest absolute Gasteiger partial charge is 0.226 e. The highest BCUT2D eigenvalue weighted by molar-refractivity contribution is 5.95. The molecule has 0 saturated heterocycles. The van der Waals surface area contributed by atoms with Crippen molar-refractivity contribution in [1.82, 2.24) is 29.6 Å². The lowest BCUT2D eigenvalue weighted by atomic mass is 9.85. The molecule has 164 valence electrons. The second kappa shape index (κ2) is 7.95. The number of carbonyl (C=O) groups is 1.